The lowest BCUT2D eigenvalue weighted by Gasteiger charge is -2.34. The highest BCUT2D eigenvalue weighted by atomic mass is 32.2. The van der Waals surface area contributed by atoms with Crippen molar-refractivity contribution < 1.29 is 27.5 Å². The van der Waals surface area contributed by atoms with Gasteiger partial charge in [0, 0.05) is 37.6 Å². The van der Waals surface area contributed by atoms with Crippen LogP contribution < -0.4 is 11.1 Å². The van der Waals surface area contributed by atoms with Crippen LogP contribution in [-0.2, 0) is 27.8 Å². The topological polar surface area (TPSA) is 169 Å². The number of rotatable bonds is 15. The van der Waals surface area contributed by atoms with Crippen molar-refractivity contribution in [3.63, 3.8) is 0 Å². The molecule has 0 spiro atoms. The molecule has 3 amide bonds. The molecular weight excluding hydrogens is 669 g/mol. The van der Waals surface area contributed by atoms with Gasteiger partial charge in [0.15, 0.2) is 5.58 Å². The fraction of sp³-hybridized carbons (Fsp3) is 0.471. The summed E-state index contributed by atoms with van der Waals surface area (Å²) in [6, 6.07) is 11.5. The third-order valence-electron chi connectivity index (χ3n) is 8.46. The Bertz CT molecular complexity index is 1920. The average Bonchev–Trinajstić information content (AvgIpc) is 3.73. The number of carbonyl (C=O) groups excluding carboxylic acids is 2. The van der Waals surface area contributed by atoms with E-state index in [-0.39, 0.29) is 47.9 Å². The minimum absolute atomic E-state index is 0.0891. The summed E-state index contributed by atoms with van der Waals surface area (Å²) in [5, 5.41) is 17.6. The van der Waals surface area contributed by atoms with Crippen LogP contribution in [0.5, 0.6) is 0 Å². The first-order valence-corrected chi connectivity index (χ1v) is 18.7. The van der Waals surface area contributed by atoms with E-state index < -0.39 is 39.9 Å². The van der Waals surface area contributed by atoms with Gasteiger partial charge in [-0.05, 0) is 42.9 Å². The number of aromatic amines is 1. The first-order chi connectivity index (χ1) is 23.2. The lowest BCUT2D eigenvalue weighted by Crippen LogP contribution is -2.57. The highest BCUT2D eigenvalue weighted by molar-refractivity contribution is 7.89. The molecule has 13 nitrogen and oxygen atoms in total. The Balaban J connectivity index is 1.38. The van der Waals surface area contributed by atoms with E-state index >= 15 is 0 Å². The molecule has 0 aliphatic carbocycles. The van der Waals surface area contributed by atoms with Gasteiger partial charge in [0.25, 0.3) is 0 Å². The summed E-state index contributed by atoms with van der Waals surface area (Å²) in [5.74, 6) is -1.47. The third-order valence-corrected chi connectivity index (χ3v) is 11.1. The zero-order valence-corrected chi connectivity index (χ0v) is 30.0. The Kier molecular flexibility index (Phi) is 11.3. The minimum atomic E-state index is -4.17. The summed E-state index contributed by atoms with van der Waals surface area (Å²) in [5.41, 5.74) is 2.10. The Morgan fingerprint density at radius 2 is 1.84 bits per heavy atom. The highest BCUT2D eigenvalue weighted by Crippen LogP contribution is 2.24. The molecule has 49 heavy (non-hydrogen) atoms. The molecule has 0 saturated carbocycles. The summed E-state index contributed by atoms with van der Waals surface area (Å²) in [7, 11) is -4.17. The van der Waals surface area contributed by atoms with Gasteiger partial charge in [-0.15, -0.1) is 11.3 Å². The molecule has 2 aromatic heterocycles. The van der Waals surface area contributed by atoms with Crippen molar-refractivity contribution in [2.45, 2.75) is 70.7 Å². The smallest absolute Gasteiger partial charge is 0.408 e. The molecule has 1 saturated heterocycles. The molecule has 2 aromatic carbocycles. The van der Waals surface area contributed by atoms with Crippen LogP contribution in [-0.4, -0.2) is 93.9 Å². The van der Waals surface area contributed by atoms with Gasteiger partial charge in [0.2, 0.25) is 15.9 Å². The summed E-state index contributed by atoms with van der Waals surface area (Å²) < 4.78 is 34.2. The largest absolute Gasteiger partial charge is 0.417 e. The van der Waals surface area contributed by atoms with Crippen LogP contribution in [0.2, 0.25) is 0 Å². The summed E-state index contributed by atoms with van der Waals surface area (Å²) in [4.78, 5) is 49.5. The monoisotopic (exact) mass is 712 g/mol. The number of nitrogens with one attached hydrogen (secondary N) is 2. The fourth-order valence-electron chi connectivity index (χ4n) is 6.16. The van der Waals surface area contributed by atoms with Crippen molar-refractivity contribution in [3.05, 3.63) is 80.7 Å². The van der Waals surface area contributed by atoms with E-state index in [9.17, 15) is 27.9 Å². The van der Waals surface area contributed by atoms with Gasteiger partial charge in [-0.1, -0.05) is 58.0 Å². The van der Waals surface area contributed by atoms with Crippen molar-refractivity contribution in [1.82, 2.24) is 29.4 Å². The number of H-pyrrole nitrogens is 1. The lowest BCUT2D eigenvalue weighted by molar-refractivity contribution is -0.128. The minimum Gasteiger partial charge on any atom is -0.408 e. The SMILES string of the molecule is Cc1nc(CN2CCN([C@H](C(=O)N[C@@H](Cc3ccccc3)[C@H](O)CN(CC(C)C)S(=O)(=O)c3ccc4[nH]c(=O)oc4c3)C(C)C)C2=O)cs1. The van der Waals surface area contributed by atoms with E-state index in [0.29, 0.717) is 25.2 Å². The molecule has 1 aliphatic rings. The molecule has 3 N–H and O–H groups in total. The van der Waals surface area contributed by atoms with Gasteiger partial charge in [-0.2, -0.15) is 4.31 Å². The molecule has 15 heteroatoms. The van der Waals surface area contributed by atoms with Crippen molar-refractivity contribution in [2.75, 3.05) is 26.2 Å². The summed E-state index contributed by atoms with van der Waals surface area (Å²) >= 11 is 1.52. The van der Waals surface area contributed by atoms with E-state index in [2.05, 4.69) is 15.3 Å². The quantitative estimate of drug-likeness (QED) is 0.168. The number of oxazole rings is 1. The number of amides is 3. The number of nitrogens with zero attached hydrogens (tertiary/aromatic N) is 4. The second kappa shape index (κ2) is 15.2. The number of hydrogen-bond acceptors (Lipinski definition) is 9. The number of benzene rings is 2. The summed E-state index contributed by atoms with van der Waals surface area (Å²) in [6.45, 7) is 10.3. The van der Waals surface area contributed by atoms with Gasteiger partial charge < -0.3 is 24.6 Å². The molecule has 0 unspecified atom stereocenters. The number of aliphatic hydroxyl groups is 1. The molecule has 0 bridgehead atoms. The molecule has 1 aliphatic heterocycles. The molecule has 3 heterocycles. The first kappa shape index (κ1) is 36.2. The number of sulfonamides is 1. The average molecular weight is 713 g/mol. The van der Waals surface area contributed by atoms with E-state index in [0.717, 1.165) is 16.3 Å². The van der Waals surface area contributed by atoms with Gasteiger partial charge in [-0.3, -0.25) is 9.78 Å². The van der Waals surface area contributed by atoms with Crippen LogP contribution in [0.4, 0.5) is 4.79 Å². The maximum Gasteiger partial charge on any atom is 0.417 e. The Hall–Kier alpha value is -4.05. The molecular formula is C34H44N6O7S2. The molecule has 4 aromatic rings. The Labute approximate surface area is 290 Å². The molecule has 264 valence electrons. The van der Waals surface area contributed by atoms with Crippen LogP contribution in [0.25, 0.3) is 11.1 Å². The number of carbonyl (C=O) groups is 2. The number of fused-ring (bicyclic) bond motifs is 1. The van der Waals surface area contributed by atoms with E-state index in [1.54, 1.807) is 9.80 Å². The van der Waals surface area contributed by atoms with Crippen LogP contribution in [0, 0.1) is 18.8 Å². The fourth-order valence-corrected chi connectivity index (χ4v) is 8.40. The third kappa shape index (κ3) is 8.58. The molecule has 5 rings (SSSR count). The Morgan fingerprint density at radius 1 is 1.10 bits per heavy atom. The van der Waals surface area contributed by atoms with Crippen molar-refractivity contribution in [3.8, 4) is 0 Å². The molecule has 1 fully saturated rings. The maximum absolute atomic E-state index is 14.1. The number of aryl methyl sites for hydroxylation is 1. The van der Waals surface area contributed by atoms with Gasteiger partial charge in [0.05, 0.1) is 39.8 Å². The highest BCUT2D eigenvalue weighted by Gasteiger charge is 2.40. The number of hydrogen-bond donors (Lipinski definition) is 3. The van der Waals surface area contributed by atoms with Gasteiger partial charge in [-0.25, -0.2) is 23.0 Å². The second-order valence-electron chi connectivity index (χ2n) is 13.2. The van der Waals surface area contributed by atoms with Crippen LogP contribution in [0.1, 0.15) is 44.0 Å². The Morgan fingerprint density at radius 3 is 2.49 bits per heavy atom. The van der Waals surface area contributed by atoms with Crippen molar-refractivity contribution in [2.24, 2.45) is 11.8 Å². The first-order valence-electron chi connectivity index (χ1n) is 16.3. The van der Waals surface area contributed by atoms with Crippen molar-refractivity contribution in [1.29, 1.82) is 0 Å². The number of thiazole rings is 1. The molecule has 0 radical (unpaired) electrons. The van der Waals surface area contributed by atoms with Gasteiger partial charge in [0.1, 0.15) is 6.04 Å². The van der Waals surface area contributed by atoms with Crippen LogP contribution in [0.3, 0.4) is 0 Å². The van der Waals surface area contributed by atoms with Crippen LogP contribution in [0.15, 0.2) is 68.0 Å². The van der Waals surface area contributed by atoms with Gasteiger partial charge >= 0.3 is 11.8 Å². The van der Waals surface area contributed by atoms with Crippen LogP contribution >= 0.6 is 11.3 Å². The maximum atomic E-state index is 14.1. The number of urea groups is 1. The summed E-state index contributed by atoms with van der Waals surface area (Å²) in [6.07, 6.45) is -1.10. The van der Waals surface area contributed by atoms with E-state index in [1.165, 1.54) is 33.8 Å². The van der Waals surface area contributed by atoms with Crippen molar-refractivity contribution >= 4 is 44.4 Å². The predicted octanol–water partition coefficient (Wildman–Crippen LogP) is 3.58. The van der Waals surface area contributed by atoms with E-state index in [4.69, 9.17) is 4.42 Å². The normalized spacial score (nSPS) is 15.9. The molecule has 3 atom stereocenters. The van der Waals surface area contributed by atoms with E-state index in [1.807, 2.05) is 70.3 Å². The predicted molar refractivity (Wildman–Crippen MR) is 187 cm³/mol. The number of aromatic nitrogens is 2. The standard InChI is InChI=1S/C34H44N6O7S2/c1-21(2)17-39(49(45,46)26-11-12-27-30(16-26)47-33(43)37-27)19-29(41)28(15-24-9-7-6-8-10-24)36-32(42)31(22(3)4)40-14-13-38(34(40)44)18-25-20-48-23(5)35-25/h6-12,16,20-22,28-29,31,41H,13-15,17-19H2,1-5H3,(H,36,42)(H,37,43)/t28-,29+,31-/m0/s1. The zero-order valence-electron chi connectivity index (χ0n) is 28.3. The zero-order chi connectivity index (χ0) is 35.5. The number of aliphatic hydroxyl groups excluding tert-OH is 1. The lowest BCUT2D eigenvalue weighted by atomic mass is 9.97. The second-order valence-corrected chi connectivity index (χ2v) is 16.2.